The highest BCUT2D eigenvalue weighted by Crippen LogP contribution is 2.32. The molecule has 31 heavy (non-hydrogen) atoms. The summed E-state index contributed by atoms with van der Waals surface area (Å²) in [7, 11) is 0. The summed E-state index contributed by atoms with van der Waals surface area (Å²) in [5.41, 5.74) is 1.28. The molecule has 0 aliphatic heterocycles. The summed E-state index contributed by atoms with van der Waals surface area (Å²) in [5.74, 6) is -0.117. The molecule has 0 aliphatic rings. The maximum absolute atomic E-state index is 12.8. The topological polar surface area (TPSA) is 70.7 Å². The average Bonchev–Trinajstić information content (AvgIpc) is 3.11. The summed E-state index contributed by atoms with van der Waals surface area (Å²) < 4.78 is 38.4. The van der Waals surface area contributed by atoms with Crippen LogP contribution in [0, 0.1) is 6.92 Å². The van der Waals surface area contributed by atoms with E-state index in [4.69, 9.17) is 23.2 Å². The van der Waals surface area contributed by atoms with E-state index < -0.39 is 17.8 Å². The molecule has 0 unspecified atom stereocenters. The summed E-state index contributed by atoms with van der Waals surface area (Å²) in [6.45, 7) is 1.34. The van der Waals surface area contributed by atoms with Gasteiger partial charge in [-0.25, -0.2) is 9.97 Å². The first-order valence-electron chi connectivity index (χ1n) is 8.93. The second-order valence-electron chi connectivity index (χ2n) is 6.72. The molecular formula is C21H13Cl2F3N4O. The normalized spacial score (nSPS) is 11.7. The summed E-state index contributed by atoms with van der Waals surface area (Å²) >= 11 is 12.3. The van der Waals surface area contributed by atoms with Crippen molar-refractivity contribution >= 4 is 45.8 Å². The highest BCUT2D eigenvalue weighted by atomic mass is 35.5. The molecule has 4 rings (SSSR count). The van der Waals surface area contributed by atoms with Crippen molar-refractivity contribution in [2.45, 2.75) is 13.1 Å². The third kappa shape index (κ3) is 4.35. The van der Waals surface area contributed by atoms with Gasteiger partial charge in [0, 0.05) is 16.3 Å². The largest absolute Gasteiger partial charge is 0.433 e. The van der Waals surface area contributed by atoms with Crippen LogP contribution in [0.4, 0.5) is 18.9 Å². The first-order valence-corrected chi connectivity index (χ1v) is 9.69. The van der Waals surface area contributed by atoms with Gasteiger partial charge in [0.05, 0.1) is 27.3 Å². The number of alkyl halides is 3. The molecule has 1 amide bonds. The molecule has 2 N–H and O–H groups in total. The van der Waals surface area contributed by atoms with E-state index >= 15 is 0 Å². The quantitative estimate of drug-likeness (QED) is 0.362. The molecule has 0 aliphatic carbocycles. The van der Waals surface area contributed by atoms with Gasteiger partial charge >= 0.3 is 6.18 Å². The predicted molar refractivity (Wildman–Crippen MR) is 113 cm³/mol. The van der Waals surface area contributed by atoms with E-state index in [1.807, 2.05) is 0 Å². The molecule has 10 heteroatoms. The zero-order valence-corrected chi connectivity index (χ0v) is 17.3. The Hall–Kier alpha value is -3.10. The number of carbonyl (C=O) groups excluding carboxylic acids is 1. The Morgan fingerprint density at radius 1 is 1.03 bits per heavy atom. The molecule has 4 aromatic rings. The van der Waals surface area contributed by atoms with Crippen LogP contribution in [0.3, 0.4) is 0 Å². The number of nitrogens with zero attached hydrogens (tertiary/aromatic N) is 2. The SMILES string of the molecule is Cc1nc(C(F)(F)F)ccc1C(=O)Nc1ccc(Cl)c(-c2nc3ccc(Cl)cc3[nH]2)c1. The number of fused-ring (bicyclic) bond motifs is 1. The Labute approximate surface area is 184 Å². The van der Waals surface area contributed by atoms with Crippen LogP contribution < -0.4 is 5.32 Å². The van der Waals surface area contributed by atoms with Crippen LogP contribution in [0.1, 0.15) is 21.7 Å². The summed E-state index contributed by atoms with van der Waals surface area (Å²) in [5, 5.41) is 3.61. The number of halogens is 5. The number of H-pyrrole nitrogens is 1. The first-order chi connectivity index (χ1) is 14.6. The number of rotatable bonds is 3. The molecule has 158 valence electrons. The Bertz CT molecular complexity index is 1320. The van der Waals surface area contributed by atoms with Gasteiger partial charge in [0.15, 0.2) is 0 Å². The van der Waals surface area contributed by atoms with Gasteiger partial charge in [0.2, 0.25) is 0 Å². The van der Waals surface area contributed by atoms with Crippen LogP contribution in [-0.2, 0) is 6.18 Å². The van der Waals surface area contributed by atoms with Gasteiger partial charge in [-0.05, 0) is 55.5 Å². The predicted octanol–water partition coefficient (Wildman–Crippen LogP) is 6.51. The third-order valence-corrected chi connectivity index (χ3v) is 5.11. The minimum atomic E-state index is -4.58. The lowest BCUT2D eigenvalue weighted by molar-refractivity contribution is -0.141. The van der Waals surface area contributed by atoms with Crippen LogP contribution >= 0.6 is 23.2 Å². The molecule has 0 bridgehead atoms. The minimum absolute atomic E-state index is 0.0304. The molecule has 2 aromatic heterocycles. The van der Waals surface area contributed by atoms with Crippen molar-refractivity contribution in [3.8, 4) is 11.4 Å². The van der Waals surface area contributed by atoms with E-state index in [1.54, 1.807) is 36.4 Å². The number of aromatic nitrogens is 3. The molecule has 0 saturated heterocycles. The number of nitrogens with one attached hydrogen (secondary N) is 2. The van der Waals surface area contributed by atoms with Crippen LogP contribution in [-0.4, -0.2) is 20.9 Å². The number of benzene rings is 2. The average molecular weight is 465 g/mol. The third-order valence-electron chi connectivity index (χ3n) is 4.54. The molecule has 0 spiro atoms. The molecular weight excluding hydrogens is 452 g/mol. The van der Waals surface area contributed by atoms with Crippen LogP contribution in [0.25, 0.3) is 22.4 Å². The molecule has 5 nitrogen and oxygen atoms in total. The lowest BCUT2D eigenvalue weighted by Gasteiger charge is -2.11. The van der Waals surface area contributed by atoms with Crippen LogP contribution in [0.2, 0.25) is 10.0 Å². The number of imidazole rings is 1. The molecule has 0 saturated carbocycles. The Morgan fingerprint density at radius 3 is 2.52 bits per heavy atom. The molecule has 0 atom stereocenters. The first kappa shape index (κ1) is 21.1. The number of pyridine rings is 1. The Kier molecular flexibility index (Phi) is 5.36. The molecule has 0 fully saturated rings. The number of aromatic amines is 1. The van der Waals surface area contributed by atoms with Gasteiger partial charge in [-0.3, -0.25) is 4.79 Å². The van der Waals surface area contributed by atoms with Crippen molar-refractivity contribution in [3.05, 3.63) is 75.5 Å². The Morgan fingerprint density at radius 2 is 1.81 bits per heavy atom. The van der Waals surface area contributed by atoms with E-state index in [0.717, 1.165) is 17.6 Å². The van der Waals surface area contributed by atoms with Crippen molar-refractivity contribution in [3.63, 3.8) is 0 Å². The van der Waals surface area contributed by atoms with E-state index in [0.29, 0.717) is 32.6 Å². The molecule has 2 heterocycles. The maximum Gasteiger partial charge on any atom is 0.433 e. The number of carbonyl (C=O) groups is 1. The van der Waals surface area contributed by atoms with Gasteiger partial charge in [-0.2, -0.15) is 13.2 Å². The van der Waals surface area contributed by atoms with Crippen molar-refractivity contribution < 1.29 is 18.0 Å². The van der Waals surface area contributed by atoms with Crippen molar-refractivity contribution in [2.75, 3.05) is 5.32 Å². The number of hydrogen-bond donors (Lipinski definition) is 2. The van der Waals surface area contributed by atoms with Crippen LogP contribution in [0.15, 0.2) is 48.5 Å². The zero-order valence-electron chi connectivity index (χ0n) is 15.8. The summed E-state index contributed by atoms with van der Waals surface area (Å²) in [6.07, 6.45) is -4.58. The van der Waals surface area contributed by atoms with E-state index in [2.05, 4.69) is 20.3 Å². The van der Waals surface area contributed by atoms with Gasteiger partial charge < -0.3 is 10.3 Å². The van der Waals surface area contributed by atoms with E-state index in [9.17, 15) is 18.0 Å². The van der Waals surface area contributed by atoms with E-state index in [-0.39, 0.29) is 11.3 Å². The standard InChI is InChI=1S/C21H13Cl2F3N4O/c1-10-13(4-7-18(27-10)21(24,25)26)20(31)28-12-3-5-15(23)14(9-12)19-29-16-6-2-11(22)8-17(16)30-19/h2-9H,1H3,(H,28,31)(H,29,30). The fourth-order valence-electron chi connectivity index (χ4n) is 3.05. The van der Waals surface area contributed by atoms with Crippen molar-refractivity contribution in [1.29, 1.82) is 0 Å². The number of hydrogen-bond acceptors (Lipinski definition) is 3. The van der Waals surface area contributed by atoms with Gasteiger partial charge in [-0.15, -0.1) is 0 Å². The highest BCUT2D eigenvalue weighted by Gasteiger charge is 2.33. The maximum atomic E-state index is 12.8. The second kappa shape index (κ2) is 7.86. The number of anilines is 1. The smallest absolute Gasteiger partial charge is 0.338 e. The summed E-state index contributed by atoms with van der Waals surface area (Å²) in [4.78, 5) is 23.7. The Balaban J connectivity index is 1.63. The van der Waals surface area contributed by atoms with E-state index in [1.165, 1.54) is 6.92 Å². The van der Waals surface area contributed by atoms with Gasteiger partial charge in [-0.1, -0.05) is 23.2 Å². The molecule has 2 aromatic carbocycles. The van der Waals surface area contributed by atoms with Crippen molar-refractivity contribution in [1.82, 2.24) is 15.0 Å². The fourth-order valence-corrected chi connectivity index (χ4v) is 3.43. The fraction of sp³-hybridized carbons (Fsp3) is 0.0952. The lowest BCUT2D eigenvalue weighted by Crippen LogP contribution is -2.16. The highest BCUT2D eigenvalue weighted by molar-refractivity contribution is 6.33. The van der Waals surface area contributed by atoms with Crippen LogP contribution in [0.5, 0.6) is 0 Å². The monoisotopic (exact) mass is 464 g/mol. The zero-order chi connectivity index (χ0) is 22.3. The van der Waals surface area contributed by atoms with Gasteiger partial charge in [0.25, 0.3) is 5.91 Å². The molecule has 0 radical (unpaired) electrons. The van der Waals surface area contributed by atoms with Crippen molar-refractivity contribution in [2.24, 2.45) is 0 Å². The van der Waals surface area contributed by atoms with Gasteiger partial charge in [0.1, 0.15) is 11.5 Å². The summed E-state index contributed by atoms with van der Waals surface area (Å²) in [6, 6.07) is 11.9. The second-order valence-corrected chi connectivity index (χ2v) is 7.57. The number of amides is 1. The lowest BCUT2D eigenvalue weighted by atomic mass is 10.1. The minimum Gasteiger partial charge on any atom is -0.338 e. The number of aryl methyl sites for hydroxylation is 1.